The number of anilines is 8. The number of carbonyl (C=O) groups is 1. The summed E-state index contributed by atoms with van der Waals surface area (Å²) in [5.41, 5.74) is 6.47. The van der Waals surface area contributed by atoms with Gasteiger partial charge in [0, 0.05) is 114 Å². The number of fused-ring (bicyclic) bond motifs is 2. The van der Waals surface area contributed by atoms with Crippen LogP contribution in [0.5, 0.6) is 0 Å². The van der Waals surface area contributed by atoms with Gasteiger partial charge in [-0.15, -0.1) is 0 Å². The molecule has 8 heterocycles. The van der Waals surface area contributed by atoms with E-state index in [1.54, 1.807) is 23.5 Å². The molecule has 4 fully saturated rings. The molecule has 16 nitrogen and oxygen atoms in total. The third-order valence-electron chi connectivity index (χ3n) is 13.0. The highest BCUT2D eigenvalue weighted by Crippen LogP contribution is 2.39. The number of ether oxygens (including phenoxy) is 3. The predicted octanol–water partition coefficient (Wildman–Crippen LogP) is 7.92. The van der Waals surface area contributed by atoms with Crippen LogP contribution in [0, 0.1) is 43.0 Å². The van der Waals surface area contributed by atoms with Crippen molar-refractivity contribution < 1.29 is 36.6 Å². The first-order valence-corrected chi connectivity index (χ1v) is 24.2. The zero-order chi connectivity index (χ0) is 49.6. The molecule has 20 heteroatoms. The van der Waals surface area contributed by atoms with E-state index in [0.717, 1.165) is 98.5 Å². The number of benzene rings is 2. The number of carbonyl (C=O) groups excluding carboxylic acids is 1. The molecule has 4 saturated heterocycles. The minimum absolute atomic E-state index is 0.213. The highest BCUT2D eigenvalue weighted by Gasteiger charge is 2.28. The first-order valence-electron chi connectivity index (χ1n) is 24.2. The van der Waals surface area contributed by atoms with Crippen molar-refractivity contribution >= 4 is 73.7 Å². The van der Waals surface area contributed by atoms with Crippen molar-refractivity contribution in [3.63, 3.8) is 0 Å². The third kappa shape index (κ3) is 11.4. The Bertz CT molecular complexity index is 2850. The summed E-state index contributed by atoms with van der Waals surface area (Å²) in [6, 6.07) is 8.27. The second-order valence-corrected chi connectivity index (χ2v) is 18.4. The summed E-state index contributed by atoms with van der Waals surface area (Å²) in [5, 5.41) is 10.5. The van der Waals surface area contributed by atoms with E-state index in [-0.39, 0.29) is 28.3 Å². The molecule has 0 aliphatic carbocycles. The van der Waals surface area contributed by atoms with E-state index in [0.29, 0.717) is 87.6 Å². The summed E-state index contributed by atoms with van der Waals surface area (Å²) in [6.45, 7) is 19.1. The van der Waals surface area contributed by atoms with Crippen LogP contribution in [0.3, 0.4) is 0 Å². The normalized spacial score (nSPS) is 16.6. The van der Waals surface area contributed by atoms with Crippen molar-refractivity contribution in [3.8, 4) is 0 Å². The molecule has 0 bridgehead atoms. The smallest absolute Gasteiger partial charge is 0.409 e. The standard InChI is InChI=1S/C28H34F2N6O3.C23H26F2N6O/c1-18(2)17-39-28(37)36-6-4-35(5-7-36)27-19(3)26(25-23(30)12-20(29)13-24(25)33-27)32-21-14-22(16-31-15-21)34-8-10-38-11-9-34;1-15-22(28-17-12-18(14-27-13-17)30-6-8-32-9-7-30)21-19(25)10-16(24)11-20(21)29-23(15)31-4-2-26-3-5-31/h12-16,18H,4-11,17H2,1-3H3,(H,32,33);10-14,26H,2-9H2,1H3,(H,28,29). The van der Waals surface area contributed by atoms with Crippen LogP contribution < -0.4 is 35.6 Å². The van der Waals surface area contributed by atoms with Gasteiger partial charge < -0.3 is 54.7 Å². The van der Waals surface area contributed by atoms with Crippen molar-refractivity contribution in [2.75, 3.05) is 142 Å². The highest BCUT2D eigenvalue weighted by molar-refractivity contribution is 5.99. The Balaban J connectivity index is 0.000000179. The molecule has 3 N–H and O–H groups in total. The Morgan fingerprint density at radius 1 is 0.620 bits per heavy atom. The first kappa shape index (κ1) is 49.2. The van der Waals surface area contributed by atoms with Gasteiger partial charge in [-0.3, -0.25) is 9.97 Å². The van der Waals surface area contributed by atoms with E-state index in [2.05, 4.69) is 50.6 Å². The van der Waals surface area contributed by atoms with Crippen LogP contribution in [-0.2, 0) is 14.2 Å². The number of piperazine rings is 2. The predicted molar refractivity (Wildman–Crippen MR) is 269 cm³/mol. The van der Waals surface area contributed by atoms with Crippen molar-refractivity contribution in [3.05, 3.63) is 95.6 Å². The van der Waals surface area contributed by atoms with Crippen molar-refractivity contribution in [2.45, 2.75) is 27.7 Å². The quantitative estimate of drug-likeness (QED) is 0.114. The molecule has 376 valence electrons. The second kappa shape index (κ2) is 22.1. The van der Waals surface area contributed by atoms with Gasteiger partial charge in [-0.05, 0) is 31.9 Å². The van der Waals surface area contributed by atoms with Crippen LogP contribution in [0.15, 0.2) is 61.2 Å². The van der Waals surface area contributed by atoms with E-state index in [1.807, 2.05) is 50.9 Å². The lowest BCUT2D eigenvalue weighted by molar-refractivity contribution is 0.0901. The van der Waals surface area contributed by atoms with Gasteiger partial charge in [0.05, 0.1) is 114 Å². The van der Waals surface area contributed by atoms with Gasteiger partial charge in [0.15, 0.2) is 0 Å². The SMILES string of the molecule is Cc1c(N2CCN(C(=O)OCC(C)C)CC2)nc2cc(F)cc(F)c2c1Nc1cncc(N2CCOCC2)c1.Cc1c(N2CCNCC2)nc2cc(F)cc(F)c2c1Nc1cncc(N2CCOCC2)c1. The van der Waals surface area contributed by atoms with E-state index in [4.69, 9.17) is 14.2 Å². The number of amides is 1. The molecule has 10 rings (SSSR count). The van der Waals surface area contributed by atoms with E-state index in [1.165, 1.54) is 12.1 Å². The van der Waals surface area contributed by atoms with Gasteiger partial charge in [-0.25, -0.2) is 32.3 Å². The average molecular weight is 981 g/mol. The molecular formula is C51H60F4N12O4. The van der Waals surface area contributed by atoms with Gasteiger partial charge in [0.25, 0.3) is 0 Å². The lowest BCUT2D eigenvalue weighted by atomic mass is 10.1. The Morgan fingerprint density at radius 2 is 1.07 bits per heavy atom. The fraction of sp³-hybridized carbons (Fsp3) is 0.431. The highest BCUT2D eigenvalue weighted by atomic mass is 19.1. The van der Waals surface area contributed by atoms with Crippen LogP contribution in [0.25, 0.3) is 21.8 Å². The molecule has 2 aromatic carbocycles. The molecule has 4 aromatic heterocycles. The monoisotopic (exact) mass is 980 g/mol. The summed E-state index contributed by atoms with van der Waals surface area (Å²) in [6.07, 6.45) is 6.67. The molecule has 0 atom stereocenters. The fourth-order valence-corrected chi connectivity index (χ4v) is 9.29. The number of halogens is 4. The van der Waals surface area contributed by atoms with E-state index < -0.39 is 23.3 Å². The molecule has 4 aliphatic rings. The zero-order valence-corrected chi connectivity index (χ0v) is 40.5. The van der Waals surface area contributed by atoms with Gasteiger partial charge in [0.2, 0.25) is 0 Å². The van der Waals surface area contributed by atoms with Crippen LogP contribution in [0.2, 0.25) is 0 Å². The Kier molecular flexibility index (Phi) is 15.3. The maximum Gasteiger partial charge on any atom is 0.409 e. The molecular weight excluding hydrogens is 921 g/mol. The fourth-order valence-electron chi connectivity index (χ4n) is 9.29. The topological polar surface area (TPSA) is 149 Å². The maximum absolute atomic E-state index is 15.2. The summed E-state index contributed by atoms with van der Waals surface area (Å²) < 4.78 is 74.7. The third-order valence-corrected chi connectivity index (χ3v) is 13.0. The van der Waals surface area contributed by atoms with Gasteiger partial charge in [0.1, 0.15) is 34.9 Å². The summed E-state index contributed by atoms with van der Waals surface area (Å²) in [7, 11) is 0. The zero-order valence-electron chi connectivity index (χ0n) is 40.5. The van der Waals surface area contributed by atoms with Gasteiger partial charge in [-0.1, -0.05) is 13.8 Å². The second-order valence-electron chi connectivity index (χ2n) is 18.4. The number of nitrogens with one attached hydrogen (secondary N) is 3. The Morgan fingerprint density at radius 3 is 1.52 bits per heavy atom. The lowest BCUT2D eigenvalue weighted by Crippen LogP contribution is -2.49. The number of hydrogen-bond acceptors (Lipinski definition) is 15. The number of nitrogens with zero attached hydrogens (tertiary/aromatic N) is 9. The summed E-state index contributed by atoms with van der Waals surface area (Å²) >= 11 is 0. The van der Waals surface area contributed by atoms with Crippen LogP contribution in [0.1, 0.15) is 25.0 Å². The molecule has 71 heavy (non-hydrogen) atoms. The number of morpholine rings is 2. The van der Waals surface area contributed by atoms with E-state index in [9.17, 15) is 18.0 Å². The Hall–Kier alpha value is -6.77. The minimum Gasteiger partial charge on any atom is -0.449 e. The minimum atomic E-state index is -0.693. The number of aromatic nitrogens is 4. The van der Waals surface area contributed by atoms with Crippen molar-refractivity contribution in [1.29, 1.82) is 0 Å². The molecule has 0 radical (unpaired) electrons. The van der Waals surface area contributed by atoms with Crippen molar-refractivity contribution in [2.24, 2.45) is 5.92 Å². The van der Waals surface area contributed by atoms with Crippen molar-refractivity contribution in [1.82, 2.24) is 30.2 Å². The van der Waals surface area contributed by atoms with Crippen LogP contribution >= 0.6 is 0 Å². The molecule has 1 amide bonds. The van der Waals surface area contributed by atoms with Gasteiger partial charge in [-0.2, -0.15) is 0 Å². The summed E-state index contributed by atoms with van der Waals surface area (Å²) in [5.74, 6) is -1.05. The van der Waals surface area contributed by atoms with Crippen LogP contribution in [0.4, 0.5) is 68.1 Å². The largest absolute Gasteiger partial charge is 0.449 e. The molecule has 6 aromatic rings. The van der Waals surface area contributed by atoms with E-state index >= 15 is 4.39 Å². The lowest BCUT2D eigenvalue weighted by Gasteiger charge is -2.36. The molecule has 0 saturated carbocycles. The molecule has 0 unspecified atom stereocenters. The van der Waals surface area contributed by atoms with Crippen LogP contribution in [-0.4, -0.2) is 143 Å². The number of pyridine rings is 4. The molecule has 4 aliphatic heterocycles. The first-order chi connectivity index (χ1) is 34.4. The number of hydrogen-bond donors (Lipinski definition) is 3. The average Bonchev–Trinajstić information content (AvgIpc) is 3.38. The molecule has 0 spiro atoms. The number of rotatable bonds is 10. The Labute approximate surface area is 410 Å². The maximum atomic E-state index is 15.2. The summed E-state index contributed by atoms with van der Waals surface area (Å²) in [4.78, 5) is 40.8. The van der Waals surface area contributed by atoms with Gasteiger partial charge >= 0.3 is 6.09 Å².